The third-order valence-electron chi connectivity index (χ3n) is 4.45. The van der Waals surface area contributed by atoms with Gasteiger partial charge in [-0.2, -0.15) is 0 Å². The van der Waals surface area contributed by atoms with E-state index in [2.05, 4.69) is 19.9 Å². The van der Waals surface area contributed by atoms with Gasteiger partial charge in [-0.25, -0.2) is 4.99 Å². The summed E-state index contributed by atoms with van der Waals surface area (Å²) in [5.74, 6) is 2.68. The van der Waals surface area contributed by atoms with Gasteiger partial charge in [-0.15, -0.1) is 0 Å². The summed E-state index contributed by atoms with van der Waals surface area (Å²) in [5.41, 5.74) is 4.00. The predicted molar refractivity (Wildman–Crippen MR) is 117 cm³/mol. The second-order valence-corrected chi connectivity index (χ2v) is 6.69. The first-order valence-electron chi connectivity index (χ1n) is 9.42. The first-order chi connectivity index (χ1) is 14.0. The Morgan fingerprint density at radius 3 is 2.14 bits per heavy atom. The SMILES string of the molecule is COc1ccc(O/C=C(\C)C(=Nc2ccc(C)c(C)c2)Oc2ccccc2)cc1. The molecule has 0 bridgehead atoms. The molecule has 4 heteroatoms. The standard InChI is InChI=1S/C25H25NO3/c1-18-10-11-21(16-19(18)2)26-25(29-24-8-6-5-7-9-24)20(3)17-28-23-14-12-22(27-4)13-15-23/h5-17H,1-4H3/b20-17+,26-25?. The van der Waals surface area contributed by atoms with Gasteiger partial charge in [0.1, 0.15) is 17.2 Å². The van der Waals surface area contributed by atoms with E-state index in [1.807, 2.05) is 73.7 Å². The van der Waals surface area contributed by atoms with E-state index in [1.165, 1.54) is 11.1 Å². The Bertz CT molecular complexity index is 1010. The molecule has 4 nitrogen and oxygen atoms in total. The van der Waals surface area contributed by atoms with Crippen molar-refractivity contribution in [2.75, 3.05) is 7.11 Å². The summed E-state index contributed by atoms with van der Waals surface area (Å²) in [6.07, 6.45) is 1.64. The lowest BCUT2D eigenvalue weighted by molar-refractivity contribution is 0.412. The van der Waals surface area contributed by atoms with Crippen LogP contribution in [0.25, 0.3) is 0 Å². The summed E-state index contributed by atoms with van der Waals surface area (Å²) >= 11 is 0. The minimum absolute atomic E-state index is 0.480. The van der Waals surface area contributed by atoms with Crippen molar-refractivity contribution in [3.63, 3.8) is 0 Å². The van der Waals surface area contributed by atoms with Gasteiger partial charge in [-0.05, 0) is 80.4 Å². The van der Waals surface area contributed by atoms with Crippen molar-refractivity contribution in [2.45, 2.75) is 20.8 Å². The first kappa shape index (κ1) is 20.2. The number of aliphatic imine (C=N–C) groups is 1. The Kier molecular flexibility index (Phi) is 6.69. The zero-order valence-corrected chi connectivity index (χ0v) is 17.2. The van der Waals surface area contributed by atoms with Crippen molar-refractivity contribution >= 4 is 11.6 Å². The largest absolute Gasteiger partial charge is 0.497 e. The second-order valence-electron chi connectivity index (χ2n) is 6.69. The Morgan fingerprint density at radius 1 is 0.793 bits per heavy atom. The fraction of sp³-hybridized carbons (Fsp3) is 0.160. The van der Waals surface area contributed by atoms with Crippen LogP contribution in [-0.2, 0) is 0 Å². The molecule has 0 heterocycles. The van der Waals surface area contributed by atoms with Crippen molar-refractivity contribution in [2.24, 2.45) is 4.99 Å². The number of benzene rings is 3. The summed E-state index contributed by atoms with van der Waals surface area (Å²) in [5, 5.41) is 0. The highest BCUT2D eigenvalue weighted by atomic mass is 16.5. The lowest BCUT2D eigenvalue weighted by Gasteiger charge is -2.11. The predicted octanol–water partition coefficient (Wildman–Crippen LogP) is 6.40. The average Bonchev–Trinajstić information content (AvgIpc) is 2.75. The molecule has 0 atom stereocenters. The molecule has 3 aromatic rings. The Labute approximate surface area is 172 Å². The number of rotatable bonds is 6. The van der Waals surface area contributed by atoms with Crippen molar-refractivity contribution in [3.8, 4) is 17.2 Å². The van der Waals surface area contributed by atoms with Gasteiger partial charge >= 0.3 is 0 Å². The molecule has 0 saturated heterocycles. The van der Waals surface area contributed by atoms with E-state index in [9.17, 15) is 0 Å². The number of hydrogen-bond donors (Lipinski definition) is 0. The lowest BCUT2D eigenvalue weighted by Crippen LogP contribution is -2.10. The molecule has 0 fully saturated rings. The number of ether oxygens (including phenoxy) is 3. The number of nitrogens with zero attached hydrogens (tertiary/aromatic N) is 1. The monoisotopic (exact) mass is 387 g/mol. The van der Waals surface area contributed by atoms with Crippen molar-refractivity contribution < 1.29 is 14.2 Å². The van der Waals surface area contributed by atoms with Crippen LogP contribution in [0.4, 0.5) is 5.69 Å². The maximum absolute atomic E-state index is 6.06. The molecule has 3 aromatic carbocycles. The van der Waals surface area contributed by atoms with Crippen LogP contribution in [-0.4, -0.2) is 13.0 Å². The molecule has 0 unspecified atom stereocenters. The van der Waals surface area contributed by atoms with Crippen LogP contribution in [0.15, 0.2) is 89.6 Å². The molecule has 3 rings (SSSR count). The molecule has 0 aliphatic rings. The van der Waals surface area contributed by atoms with Gasteiger partial charge in [0.05, 0.1) is 19.1 Å². The maximum Gasteiger partial charge on any atom is 0.225 e. The number of methoxy groups -OCH3 is 1. The zero-order chi connectivity index (χ0) is 20.6. The maximum atomic E-state index is 6.06. The van der Waals surface area contributed by atoms with Crippen molar-refractivity contribution in [3.05, 3.63) is 95.8 Å². The smallest absolute Gasteiger partial charge is 0.225 e. The molecule has 0 N–H and O–H groups in total. The van der Waals surface area contributed by atoms with E-state index < -0.39 is 0 Å². The van der Waals surface area contributed by atoms with E-state index in [0.717, 1.165) is 17.0 Å². The van der Waals surface area contributed by atoms with Crippen LogP contribution >= 0.6 is 0 Å². The molecule has 0 aliphatic heterocycles. The quantitative estimate of drug-likeness (QED) is 0.279. The topological polar surface area (TPSA) is 40.0 Å². The zero-order valence-electron chi connectivity index (χ0n) is 17.2. The summed E-state index contributed by atoms with van der Waals surface area (Å²) in [6, 6.07) is 23.1. The van der Waals surface area contributed by atoms with Crippen LogP contribution in [0.2, 0.25) is 0 Å². The normalized spacial score (nSPS) is 11.9. The summed E-state index contributed by atoms with van der Waals surface area (Å²) in [4.78, 5) is 4.72. The van der Waals surface area contributed by atoms with E-state index in [4.69, 9.17) is 19.2 Å². The molecule has 29 heavy (non-hydrogen) atoms. The molecular weight excluding hydrogens is 362 g/mol. The lowest BCUT2D eigenvalue weighted by atomic mass is 10.1. The number of aryl methyl sites for hydroxylation is 2. The molecule has 0 saturated carbocycles. The van der Waals surface area contributed by atoms with E-state index in [0.29, 0.717) is 17.4 Å². The Morgan fingerprint density at radius 2 is 1.48 bits per heavy atom. The Balaban J connectivity index is 1.87. The van der Waals surface area contributed by atoms with Gasteiger partial charge in [0.2, 0.25) is 5.90 Å². The number of hydrogen-bond acceptors (Lipinski definition) is 4. The van der Waals surface area contributed by atoms with Gasteiger partial charge in [0.15, 0.2) is 0 Å². The average molecular weight is 387 g/mol. The summed E-state index contributed by atoms with van der Waals surface area (Å²) in [7, 11) is 1.64. The van der Waals surface area contributed by atoms with Crippen molar-refractivity contribution in [1.82, 2.24) is 0 Å². The molecular formula is C25H25NO3. The molecule has 148 valence electrons. The van der Waals surface area contributed by atoms with Gasteiger partial charge in [-0.1, -0.05) is 24.3 Å². The van der Waals surface area contributed by atoms with Gasteiger partial charge < -0.3 is 14.2 Å². The van der Waals surface area contributed by atoms with Gasteiger partial charge in [0.25, 0.3) is 0 Å². The van der Waals surface area contributed by atoms with Crippen LogP contribution < -0.4 is 14.2 Å². The van der Waals surface area contributed by atoms with Crippen molar-refractivity contribution in [1.29, 1.82) is 0 Å². The van der Waals surface area contributed by atoms with E-state index in [1.54, 1.807) is 13.4 Å². The minimum atomic E-state index is 0.480. The molecule has 0 radical (unpaired) electrons. The van der Waals surface area contributed by atoms with E-state index >= 15 is 0 Å². The highest BCUT2D eigenvalue weighted by Crippen LogP contribution is 2.21. The van der Waals surface area contributed by atoms with Crippen LogP contribution in [0.1, 0.15) is 18.1 Å². The fourth-order valence-electron chi connectivity index (χ4n) is 2.57. The van der Waals surface area contributed by atoms with Crippen LogP contribution in [0.5, 0.6) is 17.2 Å². The Hall–Kier alpha value is -3.53. The summed E-state index contributed by atoms with van der Waals surface area (Å²) < 4.78 is 17.0. The minimum Gasteiger partial charge on any atom is -0.497 e. The third kappa shape index (κ3) is 5.72. The van der Waals surface area contributed by atoms with Crippen LogP contribution in [0, 0.1) is 13.8 Å². The van der Waals surface area contributed by atoms with Crippen LogP contribution in [0.3, 0.4) is 0 Å². The van der Waals surface area contributed by atoms with Gasteiger partial charge in [-0.3, -0.25) is 0 Å². The highest BCUT2D eigenvalue weighted by molar-refractivity contribution is 5.96. The van der Waals surface area contributed by atoms with E-state index in [-0.39, 0.29) is 0 Å². The fourth-order valence-corrected chi connectivity index (χ4v) is 2.57. The summed E-state index contributed by atoms with van der Waals surface area (Å²) in [6.45, 7) is 6.06. The first-order valence-corrected chi connectivity index (χ1v) is 9.42. The molecule has 0 aromatic heterocycles. The molecule has 0 spiro atoms. The number of para-hydroxylation sites is 1. The third-order valence-corrected chi connectivity index (χ3v) is 4.45. The molecule has 0 aliphatic carbocycles. The molecule has 0 amide bonds. The van der Waals surface area contributed by atoms with Gasteiger partial charge in [0, 0.05) is 5.57 Å². The second kappa shape index (κ2) is 9.60. The highest BCUT2D eigenvalue weighted by Gasteiger charge is 2.08.